The molecule has 1 amide bonds. The predicted molar refractivity (Wildman–Crippen MR) is 139 cm³/mol. The molecule has 0 spiro atoms. The third-order valence-corrected chi connectivity index (χ3v) is 7.66. The molecule has 10 heteroatoms. The Morgan fingerprint density at radius 1 is 1.22 bits per heavy atom. The number of benzene rings is 1. The van der Waals surface area contributed by atoms with Crippen molar-refractivity contribution in [3.63, 3.8) is 0 Å². The lowest BCUT2D eigenvalue weighted by molar-refractivity contribution is -0.119. The van der Waals surface area contributed by atoms with Gasteiger partial charge in [-0.1, -0.05) is 0 Å². The van der Waals surface area contributed by atoms with Crippen molar-refractivity contribution in [1.29, 1.82) is 0 Å². The van der Waals surface area contributed by atoms with Crippen molar-refractivity contribution in [3.8, 4) is 6.01 Å². The molecule has 0 saturated carbocycles. The monoisotopic (exact) mass is 505 g/mol. The maximum absolute atomic E-state index is 13.6. The molecule has 1 saturated heterocycles. The summed E-state index contributed by atoms with van der Waals surface area (Å²) in [5.41, 5.74) is 4.15. The number of ether oxygens (including phenoxy) is 3. The number of methoxy groups -OCH3 is 1. The van der Waals surface area contributed by atoms with Gasteiger partial charge in [-0.25, -0.2) is 0 Å². The number of anilines is 2. The average molecular weight is 506 g/mol. The van der Waals surface area contributed by atoms with Gasteiger partial charge in [0.1, 0.15) is 6.61 Å². The van der Waals surface area contributed by atoms with Crippen LogP contribution >= 0.6 is 0 Å². The lowest BCUT2D eigenvalue weighted by atomic mass is 9.89. The zero-order valence-electron chi connectivity index (χ0n) is 21.5. The first-order chi connectivity index (χ1) is 17.8. The number of hydrogen-bond acceptors (Lipinski definition) is 8. The van der Waals surface area contributed by atoms with Crippen LogP contribution in [-0.4, -0.2) is 66.6 Å². The van der Waals surface area contributed by atoms with Gasteiger partial charge in [0, 0.05) is 31.6 Å². The van der Waals surface area contributed by atoms with E-state index in [1.807, 2.05) is 45.0 Å². The summed E-state index contributed by atoms with van der Waals surface area (Å²) in [5, 5.41) is 3.50. The molecule has 1 N–H and O–H groups in total. The number of fused-ring (bicyclic) bond motifs is 3. The normalized spacial score (nSPS) is 22.1. The van der Waals surface area contributed by atoms with Gasteiger partial charge in [0.15, 0.2) is 0 Å². The largest absolute Gasteiger partial charge is 0.462 e. The van der Waals surface area contributed by atoms with Gasteiger partial charge in [-0.15, -0.1) is 0 Å². The minimum absolute atomic E-state index is 0.00805. The van der Waals surface area contributed by atoms with Gasteiger partial charge in [-0.2, -0.15) is 4.98 Å². The Balaban J connectivity index is 1.29. The molecule has 1 aromatic carbocycles. The Kier molecular flexibility index (Phi) is 5.68. The van der Waals surface area contributed by atoms with Crippen LogP contribution in [0.15, 0.2) is 29.1 Å². The quantitative estimate of drug-likeness (QED) is 0.563. The van der Waals surface area contributed by atoms with Crippen molar-refractivity contribution in [1.82, 2.24) is 14.5 Å². The molecule has 6 rings (SSSR count). The molecule has 3 aliphatic heterocycles. The zero-order valence-corrected chi connectivity index (χ0v) is 21.5. The molecular formula is C27H31N5O5. The van der Waals surface area contributed by atoms with E-state index in [4.69, 9.17) is 24.2 Å². The van der Waals surface area contributed by atoms with Crippen molar-refractivity contribution in [3.05, 3.63) is 51.6 Å². The second kappa shape index (κ2) is 8.81. The van der Waals surface area contributed by atoms with Crippen molar-refractivity contribution in [2.75, 3.05) is 50.2 Å². The van der Waals surface area contributed by atoms with E-state index in [-0.39, 0.29) is 23.6 Å². The van der Waals surface area contributed by atoms with Crippen LogP contribution in [0.1, 0.15) is 36.8 Å². The highest BCUT2D eigenvalue weighted by atomic mass is 16.5. The summed E-state index contributed by atoms with van der Waals surface area (Å²) in [4.78, 5) is 37.6. The van der Waals surface area contributed by atoms with E-state index in [1.165, 1.54) is 0 Å². The highest BCUT2D eigenvalue weighted by Crippen LogP contribution is 2.38. The second-order valence-corrected chi connectivity index (χ2v) is 10.5. The summed E-state index contributed by atoms with van der Waals surface area (Å²) in [6, 6.07) is 7.87. The number of morpholine rings is 1. The van der Waals surface area contributed by atoms with E-state index in [0.717, 1.165) is 34.9 Å². The molecule has 1 unspecified atom stereocenters. The van der Waals surface area contributed by atoms with Crippen LogP contribution in [0.3, 0.4) is 0 Å². The summed E-state index contributed by atoms with van der Waals surface area (Å²) in [5.74, 6) is -0.0568. The number of carbonyl (C=O) groups excluding carboxylic acids is 1. The SMILES string of the molecule is COC[C@H]1CN(c2ccc3c(=O)n4c(nc3c2)OCC4Cc2cc3c(nc2C)C(C)(C)C(=O)N3)CCO1. The Labute approximate surface area is 214 Å². The fraction of sp³-hybridized carbons (Fsp3) is 0.481. The van der Waals surface area contributed by atoms with E-state index in [2.05, 4.69) is 10.2 Å². The fourth-order valence-electron chi connectivity index (χ4n) is 5.49. The standard InChI is InChI=1S/C27H31N5O5/c1-15-16(10-22-23(28-15)27(2,3)25(34)29-22)9-18-13-37-26-30-21-11-17(5-6-20(21)24(33)32(18)26)31-7-8-36-19(12-31)14-35-4/h5-6,10-11,18-19H,7-9,12-14H2,1-4H3,(H,29,34)/t18?,19-/m1/s1. The lowest BCUT2D eigenvalue weighted by Crippen LogP contribution is -2.44. The van der Waals surface area contributed by atoms with Gasteiger partial charge >= 0.3 is 0 Å². The summed E-state index contributed by atoms with van der Waals surface area (Å²) >= 11 is 0. The summed E-state index contributed by atoms with van der Waals surface area (Å²) in [6.45, 7) is 8.68. The van der Waals surface area contributed by atoms with E-state index in [9.17, 15) is 9.59 Å². The summed E-state index contributed by atoms with van der Waals surface area (Å²) < 4.78 is 18.6. The molecule has 194 valence electrons. The third kappa shape index (κ3) is 3.95. The molecule has 10 nitrogen and oxygen atoms in total. The lowest BCUT2D eigenvalue weighted by Gasteiger charge is -2.34. The van der Waals surface area contributed by atoms with E-state index < -0.39 is 5.41 Å². The van der Waals surface area contributed by atoms with E-state index >= 15 is 0 Å². The van der Waals surface area contributed by atoms with Crippen LogP contribution in [0.2, 0.25) is 0 Å². The Morgan fingerprint density at radius 3 is 2.86 bits per heavy atom. The van der Waals surface area contributed by atoms with Crippen LogP contribution < -0.4 is 20.5 Å². The van der Waals surface area contributed by atoms with Crippen LogP contribution in [0, 0.1) is 6.92 Å². The number of amides is 1. The average Bonchev–Trinajstić information content (AvgIpc) is 3.37. The molecule has 3 aromatic rings. The number of aromatic nitrogens is 3. The molecule has 1 fully saturated rings. The van der Waals surface area contributed by atoms with Crippen LogP contribution in [0.25, 0.3) is 10.9 Å². The zero-order chi connectivity index (χ0) is 25.9. The molecule has 0 bridgehead atoms. The maximum atomic E-state index is 13.6. The summed E-state index contributed by atoms with van der Waals surface area (Å²) in [6.07, 6.45) is 0.559. The van der Waals surface area contributed by atoms with E-state index in [0.29, 0.717) is 49.7 Å². The minimum Gasteiger partial charge on any atom is -0.462 e. The molecule has 3 aliphatic rings. The van der Waals surface area contributed by atoms with E-state index in [1.54, 1.807) is 11.7 Å². The molecular weight excluding hydrogens is 474 g/mol. The van der Waals surface area contributed by atoms with Gasteiger partial charge in [0.05, 0.1) is 53.1 Å². The molecule has 0 radical (unpaired) electrons. The molecule has 0 aliphatic carbocycles. The fourth-order valence-corrected chi connectivity index (χ4v) is 5.49. The van der Waals surface area contributed by atoms with Crippen molar-refractivity contribution in [2.24, 2.45) is 0 Å². The first-order valence-corrected chi connectivity index (χ1v) is 12.6. The second-order valence-electron chi connectivity index (χ2n) is 10.5. The number of pyridine rings is 1. The summed E-state index contributed by atoms with van der Waals surface area (Å²) in [7, 11) is 1.67. The van der Waals surface area contributed by atoms with Crippen LogP contribution in [0.4, 0.5) is 11.4 Å². The van der Waals surface area contributed by atoms with Crippen molar-refractivity contribution >= 4 is 28.2 Å². The Morgan fingerprint density at radius 2 is 2.05 bits per heavy atom. The van der Waals surface area contributed by atoms with Crippen LogP contribution in [-0.2, 0) is 26.1 Å². The number of aryl methyl sites for hydroxylation is 1. The highest BCUT2D eigenvalue weighted by Gasteiger charge is 2.40. The number of nitrogens with zero attached hydrogens (tertiary/aromatic N) is 4. The van der Waals surface area contributed by atoms with Crippen molar-refractivity contribution < 1.29 is 19.0 Å². The predicted octanol–water partition coefficient (Wildman–Crippen LogP) is 2.36. The van der Waals surface area contributed by atoms with Gasteiger partial charge in [0.25, 0.3) is 11.6 Å². The van der Waals surface area contributed by atoms with Gasteiger partial charge in [-0.05, 0) is 57.0 Å². The topological polar surface area (TPSA) is 108 Å². The van der Waals surface area contributed by atoms with Gasteiger partial charge in [-0.3, -0.25) is 19.1 Å². The number of rotatable bonds is 5. The number of hydrogen-bond donors (Lipinski definition) is 1. The van der Waals surface area contributed by atoms with Crippen LogP contribution in [0.5, 0.6) is 6.01 Å². The third-order valence-electron chi connectivity index (χ3n) is 7.66. The number of nitrogens with one attached hydrogen (secondary N) is 1. The van der Waals surface area contributed by atoms with Crippen molar-refractivity contribution in [2.45, 2.75) is 44.8 Å². The Hall–Kier alpha value is -3.50. The Bertz CT molecular complexity index is 1460. The van der Waals surface area contributed by atoms with Gasteiger partial charge < -0.3 is 24.4 Å². The maximum Gasteiger partial charge on any atom is 0.300 e. The molecule has 2 aromatic heterocycles. The molecule has 2 atom stereocenters. The smallest absolute Gasteiger partial charge is 0.300 e. The number of carbonyl (C=O) groups is 1. The van der Waals surface area contributed by atoms with Gasteiger partial charge in [0.2, 0.25) is 5.91 Å². The first kappa shape index (κ1) is 23.9. The first-order valence-electron chi connectivity index (χ1n) is 12.6. The molecule has 37 heavy (non-hydrogen) atoms. The minimum atomic E-state index is -0.660. The molecule has 5 heterocycles. The highest BCUT2D eigenvalue weighted by molar-refractivity contribution is 6.05.